The fraction of sp³-hybridized carbons (Fsp3) is 0.538. The van der Waals surface area contributed by atoms with Crippen LogP contribution in [0.25, 0.3) is 0 Å². The van der Waals surface area contributed by atoms with E-state index in [-0.39, 0.29) is 21.1 Å². The van der Waals surface area contributed by atoms with Gasteiger partial charge in [0.05, 0.1) is 10.2 Å². The van der Waals surface area contributed by atoms with Crippen molar-refractivity contribution < 1.29 is 12.8 Å². The molecule has 1 fully saturated rings. The number of sulfonamides is 1. The molecule has 0 bridgehead atoms. The molecule has 0 amide bonds. The number of nitrogens with two attached hydrogens (primary N) is 1. The summed E-state index contributed by atoms with van der Waals surface area (Å²) < 4.78 is 40.8. The molecule has 1 aliphatic carbocycles. The van der Waals surface area contributed by atoms with Gasteiger partial charge in [-0.15, -0.1) is 0 Å². The molecule has 1 aromatic carbocycles. The van der Waals surface area contributed by atoms with Crippen molar-refractivity contribution in [2.75, 3.05) is 5.73 Å². The van der Waals surface area contributed by atoms with Crippen LogP contribution in [0.2, 0.25) is 0 Å². The minimum Gasteiger partial charge on any atom is -0.398 e. The summed E-state index contributed by atoms with van der Waals surface area (Å²) in [6.45, 7) is 0. The number of halogens is 2. The van der Waals surface area contributed by atoms with E-state index in [0.717, 1.165) is 44.6 Å². The number of nitrogens with one attached hydrogen (secondary N) is 1. The fourth-order valence-corrected chi connectivity index (χ4v) is 4.40. The Morgan fingerprint density at radius 1 is 1.20 bits per heavy atom. The average Bonchev–Trinajstić information content (AvgIpc) is 2.61. The monoisotopic (exact) mass is 364 g/mol. The minimum atomic E-state index is -3.72. The van der Waals surface area contributed by atoms with E-state index in [4.69, 9.17) is 5.73 Å². The Labute approximate surface area is 127 Å². The molecular formula is C13H18BrFN2O2S. The molecular weight excluding hydrogens is 347 g/mol. The fourth-order valence-electron chi connectivity index (χ4n) is 2.46. The van der Waals surface area contributed by atoms with Gasteiger partial charge in [0.1, 0.15) is 10.7 Å². The second kappa shape index (κ2) is 6.41. The normalized spacial score (nSPS) is 17.9. The van der Waals surface area contributed by atoms with Crippen LogP contribution in [-0.2, 0) is 10.0 Å². The van der Waals surface area contributed by atoms with Crippen molar-refractivity contribution in [2.24, 2.45) is 0 Å². The lowest BCUT2D eigenvalue weighted by Gasteiger charge is -2.17. The lowest BCUT2D eigenvalue weighted by molar-refractivity contribution is 0.510. The predicted octanol–water partition coefficient (Wildman–Crippen LogP) is 3.17. The second-order valence-electron chi connectivity index (χ2n) is 5.11. The van der Waals surface area contributed by atoms with Gasteiger partial charge in [-0.25, -0.2) is 17.5 Å². The molecule has 2 rings (SSSR count). The Balaban J connectivity index is 2.23. The van der Waals surface area contributed by atoms with E-state index in [9.17, 15) is 12.8 Å². The Hall–Kier alpha value is -0.660. The summed E-state index contributed by atoms with van der Waals surface area (Å²) in [6, 6.07) is 2.17. The van der Waals surface area contributed by atoms with Gasteiger partial charge < -0.3 is 5.73 Å². The van der Waals surface area contributed by atoms with Crippen LogP contribution in [0.4, 0.5) is 10.1 Å². The van der Waals surface area contributed by atoms with Crippen LogP contribution in [-0.4, -0.2) is 14.5 Å². The van der Waals surface area contributed by atoms with Gasteiger partial charge in [0.2, 0.25) is 10.0 Å². The van der Waals surface area contributed by atoms with Crippen molar-refractivity contribution in [3.8, 4) is 0 Å². The Morgan fingerprint density at radius 3 is 2.40 bits per heavy atom. The molecule has 0 heterocycles. The molecule has 7 heteroatoms. The summed E-state index contributed by atoms with van der Waals surface area (Å²) in [4.78, 5) is -0.0741. The van der Waals surface area contributed by atoms with Crippen molar-refractivity contribution in [1.82, 2.24) is 4.72 Å². The number of benzene rings is 1. The molecule has 0 unspecified atom stereocenters. The standard InChI is InChI=1S/C13H18BrFN2O2S/c14-10-7-13(12(16)8-11(10)15)20(18,19)17-9-5-3-1-2-4-6-9/h7-9,17H,1-6,16H2. The first kappa shape index (κ1) is 15.7. The van der Waals surface area contributed by atoms with Crippen LogP contribution in [0.15, 0.2) is 21.5 Å². The molecule has 4 nitrogen and oxygen atoms in total. The van der Waals surface area contributed by atoms with Gasteiger partial charge >= 0.3 is 0 Å². The van der Waals surface area contributed by atoms with Gasteiger partial charge in [-0.05, 0) is 40.9 Å². The van der Waals surface area contributed by atoms with Gasteiger partial charge in [0.25, 0.3) is 0 Å². The van der Waals surface area contributed by atoms with Crippen molar-refractivity contribution in [2.45, 2.75) is 49.5 Å². The third-order valence-electron chi connectivity index (χ3n) is 3.52. The van der Waals surface area contributed by atoms with E-state index in [1.807, 2.05) is 0 Å². The Morgan fingerprint density at radius 2 is 1.80 bits per heavy atom. The maximum absolute atomic E-state index is 13.3. The molecule has 20 heavy (non-hydrogen) atoms. The van der Waals surface area contributed by atoms with Gasteiger partial charge in [0, 0.05) is 6.04 Å². The van der Waals surface area contributed by atoms with Crippen LogP contribution in [0.1, 0.15) is 38.5 Å². The first-order valence-electron chi connectivity index (χ1n) is 6.67. The summed E-state index contributed by atoms with van der Waals surface area (Å²) >= 11 is 2.99. The summed E-state index contributed by atoms with van der Waals surface area (Å²) in [7, 11) is -3.72. The zero-order chi connectivity index (χ0) is 14.8. The lowest BCUT2D eigenvalue weighted by atomic mass is 10.1. The number of rotatable bonds is 3. The maximum atomic E-state index is 13.3. The Bertz CT molecular complexity index is 584. The van der Waals surface area contributed by atoms with E-state index in [1.165, 1.54) is 6.07 Å². The van der Waals surface area contributed by atoms with Gasteiger partial charge in [0.15, 0.2) is 0 Å². The van der Waals surface area contributed by atoms with E-state index in [1.54, 1.807) is 0 Å². The number of nitrogen functional groups attached to an aromatic ring is 1. The highest BCUT2D eigenvalue weighted by molar-refractivity contribution is 9.10. The molecule has 1 saturated carbocycles. The summed E-state index contributed by atoms with van der Waals surface area (Å²) in [5.74, 6) is -0.573. The molecule has 0 radical (unpaired) electrons. The first-order chi connectivity index (χ1) is 9.40. The predicted molar refractivity (Wildman–Crippen MR) is 80.3 cm³/mol. The van der Waals surface area contributed by atoms with Crippen LogP contribution in [0.3, 0.4) is 0 Å². The third kappa shape index (κ3) is 3.71. The van der Waals surface area contributed by atoms with E-state index < -0.39 is 15.8 Å². The highest BCUT2D eigenvalue weighted by Crippen LogP contribution is 2.27. The summed E-state index contributed by atoms with van der Waals surface area (Å²) in [5.41, 5.74) is 5.56. The highest BCUT2D eigenvalue weighted by atomic mass is 79.9. The average molecular weight is 365 g/mol. The van der Waals surface area contributed by atoms with Crippen molar-refractivity contribution in [1.29, 1.82) is 0 Å². The van der Waals surface area contributed by atoms with E-state index in [2.05, 4.69) is 20.7 Å². The van der Waals surface area contributed by atoms with Gasteiger partial charge in [-0.2, -0.15) is 0 Å². The van der Waals surface area contributed by atoms with E-state index in [0.29, 0.717) is 0 Å². The minimum absolute atomic E-state index is 0.0641. The summed E-state index contributed by atoms with van der Waals surface area (Å²) in [6.07, 6.45) is 6.00. The molecule has 0 aromatic heterocycles. The summed E-state index contributed by atoms with van der Waals surface area (Å²) in [5, 5.41) is 0. The highest BCUT2D eigenvalue weighted by Gasteiger charge is 2.24. The third-order valence-corrected chi connectivity index (χ3v) is 5.70. The second-order valence-corrected chi connectivity index (χ2v) is 7.65. The van der Waals surface area contributed by atoms with Crippen LogP contribution < -0.4 is 10.5 Å². The van der Waals surface area contributed by atoms with Crippen LogP contribution in [0, 0.1) is 5.82 Å². The van der Waals surface area contributed by atoms with Crippen molar-refractivity contribution >= 4 is 31.6 Å². The number of hydrogen-bond donors (Lipinski definition) is 2. The smallest absolute Gasteiger partial charge is 0.242 e. The first-order valence-corrected chi connectivity index (χ1v) is 8.94. The molecule has 0 atom stereocenters. The van der Waals surface area contributed by atoms with Gasteiger partial charge in [-0.1, -0.05) is 25.7 Å². The molecule has 0 saturated heterocycles. The molecule has 0 aliphatic heterocycles. The van der Waals surface area contributed by atoms with Crippen LogP contribution in [0.5, 0.6) is 0 Å². The van der Waals surface area contributed by atoms with E-state index >= 15 is 0 Å². The molecule has 1 aromatic rings. The maximum Gasteiger partial charge on any atom is 0.242 e. The van der Waals surface area contributed by atoms with Crippen LogP contribution >= 0.6 is 15.9 Å². The van der Waals surface area contributed by atoms with Crippen molar-refractivity contribution in [3.63, 3.8) is 0 Å². The largest absolute Gasteiger partial charge is 0.398 e. The lowest BCUT2D eigenvalue weighted by Crippen LogP contribution is -2.34. The number of hydrogen-bond acceptors (Lipinski definition) is 3. The van der Waals surface area contributed by atoms with Gasteiger partial charge in [-0.3, -0.25) is 0 Å². The quantitative estimate of drug-likeness (QED) is 0.638. The SMILES string of the molecule is Nc1cc(F)c(Br)cc1S(=O)(=O)NC1CCCCCC1. The molecule has 0 spiro atoms. The zero-order valence-electron chi connectivity index (χ0n) is 11.0. The van der Waals surface area contributed by atoms with Crippen molar-refractivity contribution in [3.05, 3.63) is 22.4 Å². The molecule has 112 valence electrons. The molecule has 3 N–H and O–H groups in total. The Kier molecular flexibility index (Phi) is 5.04. The number of anilines is 1. The molecule has 1 aliphatic rings. The zero-order valence-corrected chi connectivity index (χ0v) is 13.4. The topological polar surface area (TPSA) is 72.2 Å².